The van der Waals surface area contributed by atoms with Crippen LogP contribution in [0.4, 0.5) is 4.79 Å². The van der Waals surface area contributed by atoms with Crippen molar-refractivity contribution in [1.29, 1.82) is 0 Å². The summed E-state index contributed by atoms with van der Waals surface area (Å²) in [5, 5.41) is 5.54. The lowest BCUT2D eigenvalue weighted by Crippen LogP contribution is -2.36. The van der Waals surface area contributed by atoms with Crippen molar-refractivity contribution < 1.29 is 9.21 Å². The standard InChI is InChI=1S/C10H14N2O2/c13-10(11-6-8-3-4-8)12-7-9-2-1-5-14-9/h1-2,5,8H,3-4,6-7H2,(H2,11,12,13). The molecule has 4 nitrogen and oxygen atoms in total. The van der Waals surface area contributed by atoms with E-state index in [1.807, 2.05) is 6.07 Å². The van der Waals surface area contributed by atoms with Crippen molar-refractivity contribution in [2.24, 2.45) is 5.92 Å². The molecule has 0 radical (unpaired) electrons. The lowest BCUT2D eigenvalue weighted by molar-refractivity contribution is 0.239. The summed E-state index contributed by atoms with van der Waals surface area (Å²) in [6.07, 6.45) is 4.09. The van der Waals surface area contributed by atoms with Crippen molar-refractivity contribution in [1.82, 2.24) is 10.6 Å². The number of urea groups is 1. The number of rotatable bonds is 4. The molecule has 1 fully saturated rings. The summed E-state index contributed by atoms with van der Waals surface area (Å²) < 4.78 is 5.08. The maximum atomic E-state index is 11.2. The van der Waals surface area contributed by atoms with Crippen LogP contribution in [-0.4, -0.2) is 12.6 Å². The lowest BCUT2D eigenvalue weighted by atomic mass is 10.4. The smallest absolute Gasteiger partial charge is 0.315 e. The third-order valence-corrected chi connectivity index (χ3v) is 2.25. The summed E-state index contributed by atoms with van der Waals surface area (Å²) in [4.78, 5) is 11.2. The molecule has 0 aromatic carbocycles. The second-order valence-corrected chi connectivity index (χ2v) is 3.59. The van der Waals surface area contributed by atoms with Crippen LogP contribution in [-0.2, 0) is 6.54 Å². The fraction of sp³-hybridized carbons (Fsp3) is 0.500. The Kier molecular flexibility index (Phi) is 2.72. The Morgan fingerprint density at radius 2 is 2.36 bits per heavy atom. The van der Waals surface area contributed by atoms with Crippen molar-refractivity contribution in [2.45, 2.75) is 19.4 Å². The van der Waals surface area contributed by atoms with E-state index in [2.05, 4.69) is 10.6 Å². The molecule has 1 aliphatic rings. The van der Waals surface area contributed by atoms with Gasteiger partial charge in [0, 0.05) is 6.54 Å². The van der Waals surface area contributed by atoms with E-state index in [-0.39, 0.29) is 6.03 Å². The van der Waals surface area contributed by atoms with Crippen molar-refractivity contribution in [3.05, 3.63) is 24.2 Å². The van der Waals surface area contributed by atoms with E-state index in [9.17, 15) is 4.79 Å². The SMILES string of the molecule is O=C(NCc1ccco1)NCC1CC1. The molecule has 1 aromatic heterocycles. The van der Waals surface area contributed by atoms with E-state index >= 15 is 0 Å². The number of carbonyl (C=O) groups excluding carboxylic acids is 1. The number of carbonyl (C=O) groups is 1. The third-order valence-electron chi connectivity index (χ3n) is 2.25. The lowest BCUT2D eigenvalue weighted by Gasteiger charge is -2.04. The van der Waals surface area contributed by atoms with Gasteiger partial charge in [0.2, 0.25) is 0 Å². The molecule has 2 rings (SSSR count). The Balaban J connectivity index is 1.62. The average Bonchev–Trinajstić information content (AvgIpc) is 2.87. The summed E-state index contributed by atoms with van der Waals surface area (Å²) in [7, 11) is 0. The Morgan fingerprint density at radius 1 is 1.50 bits per heavy atom. The molecular weight excluding hydrogens is 180 g/mol. The second kappa shape index (κ2) is 4.17. The molecule has 0 unspecified atom stereocenters. The van der Waals surface area contributed by atoms with Crippen molar-refractivity contribution >= 4 is 6.03 Å². The molecule has 0 aliphatic heterocycles. The van der Waals surface area contributed by atoms with Crippen LogP contribution in [0, 0.1) is 5.92 Å². The molecule has 0 saturated heterocycles. The molecule has 2 N–H and O–H groups in total. The fourth-order valence-corrected chi connectivity index (χ4v) is 1.20. The molecule has 1 saturated carbocycles. The molecule has 4 heteroatoms. The molecule has 1 aromatic rings. The van der Waals surface area contributed by atoms with Gasteiger partial charge in [0.05, 0.1) is 12.8 Å². The van der Waals surface area contributed by atoms with Crippen LogP contribution in [0.2, 0.25) is 0 Å². The number of hydrogen-bond acceptors (Lipinski definition) is 2. The zero-order valence-corrected chi connectivity index (χ0v) is 7.95. The minimum Gasteiger partial charge on any atom is -0.467 e. The maximum Gasteiger partial charge on any atom is 0.315 e. The topological polar surface area (TPSA) is 54.3 Å². The van der Waals surface area contributed by atoms with Crippen molar-refractivity contribution in [2.75, 3.05) is 6.54 Å². The molecule has 0 spiro atoms. The zero-order valence-electron chi connectivity index (χ0n) is 7.95. The van der Waals surface area contributed by atoms with Gasteiger partial charge >= 0.3 is 6.03 Å². The first-order valence-electron chi connectivity index (χ1n) is 4.88. The molecule has 1 aliphatic carbocycles. The van der Waals surface area contributed by atoms with E-state index in [4.69, 9.17) is 4.42 Å². The molecule has 0 bridgehead atoms. The molecule has 76 valence electrons. The van der Waals surface area contributed by atoms with Gasteiger partial charge in [-0.2, -0.15) is 0 Å². The van der Waals surface area contributed by atoms with Gasteiger partial charge in [-0.3, -0.25) is 0 Å². The zero-order chi connectivity index (χ0) is 9.80. The Hall–Kier alpha value is -1.45. The summed E-state index contributed by atoms with van der Waals surface area (Å²) in [5.41, 5.74) is 0. The summed E-state index contributed by atoms with van der Waals surface area (Å²) in [6, 6.07) is 3.52. The monoisotopic (exact) mass is 194 g/mol. The quantitative estimate of drug-likeness (QED) is 0.763. The Labute approximate surface area is 82.7 Å². The summed E-state index contributed by atoms with van der Waals surface area (Å²) in [5.74, 6) is 1.48. The first-order chi connectivity index (χ1) is 6.84. The average molecular weight is 194 g/mol. The number of nitrogens with one attached hydrogen (secondary N) is 2. The van der Waals surface area contributed by atoms with Gasteiger partial charge in [0.1, 0.15) is 5.76 Å². The van der Waals surface area contributed by atoms with Crippen LogP contribution in [0.1, 0.15) is 18.6 Å². The summed E-state index contributed by atoms with van der Waals surface area (Å²) >= 11 is 0. The van der Waals surface area contributed by atoms with Crippen LogP contribution >= 0.6 is 0 Å². The number of furan rings is 1. The highest BCUT2D eigenvalue weighted by molar-refractivity contribution is 5.73. The summed E-state index contributed by atoms with van der Waals surface area (Å²) in [6.45, 7) is 1.24. The van der Waals surface area contributed by atoms with Gasteiger partial charge in [-0.15, -0.1) is 0 Å². The molecule has 0 atom stereocenters. The van der Waals surface area contributed by atoms with E-state index in [0.717, 1.165) is 12.3 Å². The normalized spacial score (nSPS) is 15.1. The first kappa shape index (κ1) is 9.12. The predicted octanol–water partition coefficient (Wildman–Crippen LogP) is 1.49. The first-order valence-corrected chi connectivity index (χ1v) is 4.88. The van der Waals surface area contributed by atoms with Crippen LogP contribution in [0.25, 0.3) is 0 Å². The highest BCUT2D eigenvalue weighted by atomic mass is 16.3. The van der Waals surface area contributed by atoms with Crippen LogP contribution < -0.4 is 10.6 Å². The third kappa shape index (κ3) is 2.80. The van der Waals surface area contributed by atoms with Gasteiger partial charge in [-0.05, 0) is 30.9 Å². The molecular formula is C10H14N2O2. The van der Waals surface area contributed by atoms with Crippen molar-refractivity contribution in [3.63, 3.8) is 0 Å². The largest absolute Gasteiger partial charge is 0.467 e. The van der Waals surface area contributed by atoms with Crippen molar-refractivity contribution in [3.8, 4) is 0 Å². The predicted molar refractivity (Wildman–Crippen MR) is 51.7 cm³/mol. The maximum absolute atomic E-state index is 11.2. The highest BCUT2D eigenvalue weighted by Crippen LogP contribution is 2.27. The number of amides is 2. The molecule has 14 heavy (non-hydrogen) atoms. The van der Waals surface area contributed by atoms with E-state index in [1.54, 1.807) is 12.3 Å². The second-order valence-electron chi connectivity index (χ2n) is 3.59. The van der Waals surface area contributed by atoms with E-state index in [1.165, 1.54) is 12.8 Å². The van der Waals surface area contributed by atoms with Crippen LogP contribution in [0.15, 0.2) is 22.8 Å². The molecule has 2 amide bonds. The van der Waals surface area contributed by atoms with Crippen LogP contribution in [0.3, 0.4) is 0 Å². The van der Waals surface area contributed by atoms with E-state index in [0.29, 0.717) is 12.5 Å². The Bertz CT molecular complexity index is 291. The van der Waals surface area contributed by atoms with E-state index < -0.39 is 0 Å². The van der Waals surface area contributed by atoms with Gasteiger partial charge in [0.15, 0.2) is 0 Å². The van der Waals surface area contributed by atoms with Crippen LogP contribution in [0.5, 0.6) is 0 Å². The molecule has 1 heterocycles. The minimum absolute atomic E-state index is 0.117. The van der Waals surface area contributed by atoms with Gasteiger partial charge in [-0.25, -0.2) is 4.79 Å². The van der Waals surface area contributed by atoms with Gasteiger partial charge in [0.25, 0.3) is 0 Å². The Morgan fingerprint density at radius 3 is 3.00 bits per heavy atom. The highest BCUT2D eigenvalue weighted by Gasteiger charge is 2.21. The van der Waals surface area contributed by atoms with Gasteiger partial charge in [-0.1, -0.05) is 0 Å². The van der Waals surface area contributed by atoms with Gasteiger partial charge < -0.3 is 15.1 Å². The fourth-order valence-electron chi connectivity index (χ4n) is 1.20. The number of hydrogen-bond donors (Lipinski definition) is 2. The minimum atomic E-state index is -0.117.